The molecule has 1 heterocycles. The minimum atomic E-state index is 0.653. The molecule has 0 saturated carbocycles. The van der Waals surface area contributed by atoms with E-state index in [1.807, 2.05) is 6.07 Å². The minimum Gasteiger partial charge on any atom is -0.350 e. The number of rotatable bonds is 4. The Labute approximate surface area is 124 Å². The minimum absolute atomic E-state index is 0.653. The normalized spacial score (nSPS) is 10.3. The Hall–Kier alpha value is -2.68. The van der Waals surface area contributed by atoms with Gasteiger partial charge >= 0.3 is 0 Å². The van der Waals surface area contributed by atoms with Crippen LogP contribution in [0.2, 0.25) is 0 Å². The van der Waals surface area contributed by atoms with Crippen LogP contribution in [0.15, 0.2) is 67.0 Å². The number of nitrogens with zero attached hydrogens (tertiary/aromatic N) is 2. The molecule has 0 aliphatic rings. The van der Waals surface area contributed by atoms with Gasteiger partial charge in [-0.15, -0.1) is 0 Å². The van der Waals surface area contributed by atoms with Gasteiger partial charge in [-0.3, -0.25) is 0 Å². The summed E-state index contributed by atoms with van der Waals surface area (Å²) in [7, 11) is 0. The molecular weight excluding hydrogens is 258 g/mol. The molecule has 0 amide bonds. The van der Waals surface area contributed by atoms with Crippen LogP contribution < -0.4 is 5.32 Å². The van der Waals surface area contributed by atoms with Crippen molar-refractivity contribution in [2.75, 3.05) is 5.32 Å². The van der Waals surface area contributed by atoms with E-state index in [1.165, 1.54) is 22.3 Å². The van der Waals surface area contributed by atoms with Gasteiger partial charge in [0, 0.05) is 18.9 Å². The fourth-order valence-corrected chi connectivity index (χ4v) is 2.21. The molecule has 0 aliphatic heterocycles. The van der Waals surface area contributed by atoms with Crippen molar-refractivity contribution in [1.29, 1.82) is 0 Å². The average molecular weight is 275 g/mol. The maximum atomic E-state index is 4.15. The molecule has 3 aromatic rings. The van der Waals surface area contributed by atoms with Gasteiger partial charge < -0.3 is 5.32 Å². The predicted molar refractivity (Wildman–Crippen MR) is 86.0 cm³/mol. The molecule has 0 aliphatic carbocycles. The fourth-order valence-electron chi connectivity index (χ4n) is 2.21. The van der Waals surface area contributed by atoms with Crippen LogP contribution >= 0.6 is 0 Å². The summed E-state index contributed by atoms with van der Waals surface area (Å²) in [6.07, 6.45) is 3.46. The summed E-state index contributed by atoms with van der Waals surface area (Å²) < 4.78 is 0. The summed E-state index contributed by atoms with van der Waals surface area (Å²) in [5, 5.41) is 3.21. The first-order chi connectivity index (χ1) is 10.3. The molecule has 2 aromatic carbocycles. The average Bonchev–Trinajstić information content (AvgIpc) is 2.54. The highest BCUT2D eigenvalue weighted by Gasteiger charge is 1.99. The molecule has 0 spiro atoms. The largest absolute Gasteiger partial charge is 0.350 e. The number of nitrogens with one attached hydrogen (secondary N) is 1. The number of anilines is 1. The molecule has 0 atom stereocenters. The van der Waals surface area contributed by atoms with Crippen molar-refractivity contribution in [2.24, 2.45) is 0 Å². The Balaban J connectivity index is 1.69. The van der Waals surface area contributed by atoms with Gasteiger partial charge in [-0.2, -0.15) is 0 Å². The van der Waals surface area contributed by atoms with Crippen molar-refractivity contribution in [3.05, 3.63) is 78.1 Å². The van der Waals surface area contributed by atoms with Gasteiger partial charge in [0.05, 0.1) is 0 Å². The van der Waals surface area contributed by atoms with Crippen molar-refractivity contribution < 1.29 is 0 Å². The van der Waals surface area contributed by atoms with Crippen LogP contribution in [0.3, 0.4) is 0 Å². The van der Waals surface area contributed by atoms with E-state index in [0.29, 0.717) is 5.95 Å². The van der Waals surface area contributed by atoms with Crippen molar-refractivity contribution in [1.82, 2.24) is 9.97 Å². The SMILES string of the molecule is Cc1cccc(-c2ccc(CNc3ncccn3)cc2)c1. The Morgan fingerprint density at radius 2 is 1.62 bits per heavy atom. The van der Waals surface area contributed by atoms with Gasteiger partial charge in [-0.05, 0) is 29.7 Å². The molecule has 1 N–H and O–H groups in total. The second-order valence-corrected chi connectivity index (χ2v) is 4.99. The predicted octanol–water partition coefficient (Wildman–Crippen LogP) is 4.06. The summed E-state index contributed by atoms with van der Waals surface area (Å²) in [4.78, 5) is 8.29. The van der Waals surface area contributed by atoms with Crippen LogP contribution in [-0.2, 0) is 6.54 Å². The molecule has 0 unspecified atom stereocenters. The first kappa shape index (κ1) is 13.3. The molecule has 3 rings (SSSR count). The Morgan fingerprint density at radius 1 is 0.857 bits per heavy atom. The van der Waals surface area contributed by atoms with E-state index in [0.717, 1.165) is 6.54 Å². The lowest BCUT2D eigenvalue weighted by Gasteiger charge is -2.07. The molecule has 3 heteroatoms. The van der Waals surface area contributed by atoms with Crippen molar-refractivity contribution in [3.8, 4) is 11.1 Å². The third-order valence-corrected chi connectivity index (χ3v) is 3.32. The maximum Gasteiger partial charge on any atom is 0.222 e. The second kappa shape index (κ2) is 6.18. The van der Waals surface area contributed by atoms with Crippen molar-refractivity contribution in [2.45, 2.75) is 13.5 Å². The molecule has 0 fully saturated rings. The zero-order valence-electron chi connectivity index (χ0n) is 12.0. The standard InChI is InChI=1S/C18H17N3/c1-14-4-2-5-17(12-14)16-8-6-15(7-9-16)13-21-18-19-10-3-11-20-18/h2-12H,13H2,1H3,(H,19,20,21). The molecular formula is C18H17N3. The van der Waals surface area contributed by atoms with Gasteiger partial charge in [0.2, 0.25) is 5.95 Å². The summed E-state index contributed by atoms with van der Waals surface area (Å²) in [5.74, 6) is 0.653. The van der Waals surface area contributed by atoms with E-state index in [-0.39, 0.29) is 0 Å². The molecule has 104 valence electrons. The molecule has 0 radical (unpaired) electrons. The highest BCUT2D eigenvalue weighted by Crippen LogP contribution is 2.21. The fraction of sp³-hybridized carbons (Fsp3) is 0.111. The first-order valence-corrected chi connectivity index (χ1v) is 6.98. The highest BCUT2D eigenvalue weighted by molar-refractivity contribution is 5.64. The smallest absolute Gasteiger partial charge is 0.222 e. The monoisotopic (exact) mass is 275 g/mol. The van der Waals surface area contributed by atoms with Crippen LogP contribution in [0.5, 0.6) is 0 Å². The number of aromatic nitrogens is 2. The maximum absolute atomic E-state index is 4.15. The zero-order valence-corrected chi connectivity index (χ0v) is 12.0. The van der Waals surface area contributed by atoms with Gasteiger partial charge in [0.15, 0.2) is 0 Å². The lowest BCUT2D eigenvalue weighted by molar-refractivity contribution is 1.05. The van der Waals surface area contributed by atoms with Crippen LogP contribution in [0.1, 0.15) is 11.1 Å². The number of benzene rings is 2. The van der Waals surface area contributed by atoms with E-state index in [4.69, 9.17) is 0 Å². The summed E-state index contributed by atoms with van der Waals surface area (Å²) in [5.41, 5.74) is 4.97. The molecule has 1 aromatic heterocycles. The number of aryl methyl sites for hydroxylation is 1. The van der Waals surface area contributed by atoms with Crippen LogP contribution in [0.4, 0.5) is 5.95 Å². The third kappa shape index (κ3) is 3.45. The summed E-state index contributed by atoms with van der Waals surface area (Å²) >= 11 is 0. The summed E-state index contributed by atoms with van der Waals surface area (Å²) in [6, 6.07) is 18.9. The van der Waals surface area contributed by atoms with E-state index in [2.05, 4.69) is 70.7 Å². The zero-order chi connectivity index (χ0) is 14.5. The van der Waals surface area contributed by atoms with Gasteiger partial charge in [-0.25, -0.2) is 9.97 Å². The lowest BCUT2D eigenvalue weighted by Crippen LogP contribution is -2.02. The number of hydrogen-bond acceptors (Lipinski definition) is 3. The first-order valence-electron chi connectivity index (χ1n) is 6.98. The van der Waals surface area contributed by atoms with E-state index in [1.54, 1.807) is 12.4 Å². The topological polar surface area (TPSA) is 37.8 Å². The van der Waals surface area contributed by atoms with Crippen LogP contribution in [0, 0.1) is 6.92 Å². The molecule has 3 nitrogen and oxygen atoms in total. The third-order valence-electron chi connectivity index (χ3n) is 3.32. The van der Waals surface area contributed by atoms with E-state index >= 15 is 0 Å². The van der Waals surface area contributed by atoms with Crippen molar-refractivity contribution in [3.63, 3.8) is 0 Å². The molecule has 21 heavy (non-hydrogen) atoms. The van der Waals surface area contributed by atoms with Gasteiger partial charge in [-0.1, -0.05) is 54.1 Å². The van der Waals surface area contributed by atoms with Crippen molar-refractivity contribution >= 4 is 5.95 Å². The van der Waals surface area contributed by atoms with Gasteiger partial charge in [0.25, 0.3) is 0 Å². The van der Waals surface area contributed by atoms with E-state index < -0.39 is 0 Å². The summed E-state index contributed by atoms with van der Waals surface area (Å²) in [6.45, 7) is 2.83. The molecule has 0 bridgehead atoms. The van der Waals surface area contributed by atoms with Gasteiger partial charge in [0.1, 0.15) is 0 Å². The lowest BCUT2D eigenvalue weighted by atomic mass is 10.0. The van der Waals surface area contributed by atoms with Crippen LogP contribution in [-0.4, -0.2) is 9.97 Å². The molecule has 0 saturated heterocycles. The Morgan fingerprint density at radius 3 is 2.33 bits per heavy atom. The quantitative estimate of drug-likeness (QED) is 0.780. The van der Waals surface area contributed by atoms with Crippen LogP contribution in [0.25, 0.3) is 11.1 Å². The number of hydrogen-bond donors (Lipinski definition) is 1. The van der Waals surface area contributed by atoms with E-state index in [9.17, 15) is 0 Å². The second-order valence-electron chi connectivity index (χ2n) is 4.99. The highest BCUT2D eigenvalue weighted by atomic mass is 15.1. The Kier molecular flexibility index (Phi) is 3.92. The Bertz CT molecular complexity index is 706.